The zero-order chi connectivity index (χ0) is 24.0. The second kappa shape index (κ2) is 21.1. The van der Waals surface area contributed by atoms with Gasteiger partial charge >= 0.3 is 0 Å². The minimum atomic E-state index is 0.133. The molecular weight excluding hydrogens is 428 g/mol. The van der Waals surface area contributed by atoms with Crippen molar-refractivity contribution in [2.45, 2.75) is 108 Å². The number of carbonyl (C=O) groups excluding carboxylic acids is 1. The van der Waals surface area contributed by atoms with E-state index < -0.39 is 0 Å². The monoisotopic (exact) mass is 476 g/mol. The van der Waals surface area contributed by atoms with Crippen LogP contribution in [0.3, 0.4) is 0 Å². The van der Waals surface area contributed by atoms with E-state index >= 15 is 0 Å². The van der Waals surface area contributed by atoms with Crippen molar-refractivity contribution >= 4 is 17.7 Å². The Bertz CT molecular complexity index is 649. The number of ether oxygens (including phenoxy) is 1. The Morgan fingerprint density at radius 2 is 1.61 bits per heavy atom. The first-order chi connectivity index (χ1) is 16.2. The average Bonchev–Trinajstić information content (AvgIpc) is 2.84. The maximum absolute atomic E-state index is 12.1. The number of hydrogen-bond donors (Lipinski definition) is 2. The van der Waals surface area contributed by atoms with Gasteiger partial charge < -0.3 is 15.8 Å². The summed E-state index contributed by atoms with van der Waals surface area (Å²) in [5.74, 6) is 1.84. The summed E-state index contributed by atoms with van der Waals surface area (Å²) in [6.07, 6.45) is 21.9. The summed E-state index contributed by atoms with van der Waals surface area (Å²) in [6, 6.07) is 6.09. The van der Waals surface area contributed by atoms with E-state index in [1.807, 2.05) is 18.2 Å². The minimum Gasteiger partial charge on any atom is -0.496 e. The molecule has 0 saturated carbocycles. The molecule has 0 aliphatic carbocycles. The topological polar surface area (TPSA) is 64.4 Å². The molecule has 188 valence electrons. The number of amides is 1. The molecule has 1 aromatic rings. The van der Waals surface area contributed by atoms with E-state index in [-0.39, 0.29) is 5.91 Å². The SMILES string of the molecule is CCCCCCCCC=CCCCCCCCC(=O)NCc1ccc(SCCN)c(OC)c1. The van der Waals surface area contributed by atoms with E-state index in [4.69, 9.17) is 10.5 Å². The van der Waals surface area contributed by atoms with Crippen LogP contribution in [0.1, 0.15) is 102 Å². The molecule has 0 aromatic heterocycles. The number of carbonyl (C=O) groups is 1. The molecule has 4 nitrogen and oxygen atoms in total. The maximum Gasteiger partial charge on any atom is 0.220 e. The normalized spacial score (nSPS) is 11.2. The van der Waals surface area contributed by atoms with Crippen LogP contribution in [-0.4, -0.2) is 25.3 Å². The Labute approximate surface area is 207 Å². The van der Waals surface area contributed by atoms with Gasteiger partial charge in [0.2, 0.25) is 5.91 Å². The van der Waals surface area contributed by atoms with Crippen molar-refractivity contribution in [1.82, 2.24) is 5.32 Å². The predicted molar refractivity (Wildman–Crippen MR) is 144 cm³/mol. The molecule has 0 spiro atoms. The van der Waals surface area contributed by atoms with Crippen LogP contribution in [0.25, 0.3) is 0 Å². The van der Waals surface area contributed by atoms with E-state index in [0.717, 1.165) is 34.8 Å². The number of hydrogen-bond acceptors (Lipinski definition) is 4. The molecule has 1 amide bonds. The van der Waals surface area contributed by atoms with Gasteiger partial charge in [-0.3, -0.25) is 4.79 Å². The first kappa shape index (κ1) is 29.6. The number of nitrogens with one attached hydrogen (secondary N) is 1. The fourth-order valence-corrected chi connectivity index (χ4v) is 4.54. The number of thioether (sulfide) groups is 1. The first-order valence-corrected chi connectivity index (χ1v) is 14.1. The molecule has 0 aliphatic rings. The highest BCUT2D eigenvalue weighted by Crippen LogP contribution is 2.29. The van der Waals surface area contributed by atoms with Crippen molar-refractivity contribution in [2.24, 2.45) is 5.73 Å². The van der Waals surface area contributed by atoms with Crippen molar-refractivity contribution in [3.05, 3.63) is 35.9 Å². The molecule has 0 fully saturated rings. The predicted octanol–water partition coefficient (Wildman–Crippen LogP) is 7.40. The number of unbranched alkanes of at least 4 members (excludes halogenated alkanes) is 11. The third kappa shape index (κ3) is 15.9. The third-order valence-electron chi connectivity index (χ3n) is 5.76. The fourth-order valence-electron chi connectivity index (χ4n) is 3.76. The number of rotatable bonds is 21. The highest BCUT2D eigenvalue weighted by Gasteiger charge is 2.06. The Morgan fingerprint density at radius 3 is 2.24 bits per heavy atom. The standard InChI is InChI=1S/C28H48N2O2S/c1-3-4-5-6-7-8-9-10-11-12-13-14-15-16-17-18-28(31)30-24-25-19-20-27(33-22-21-29)26(23-25)32-2/h10-11,19-20,23H,3-9,12-18,21-22,24,29H2,1-2H3,(H,30,31). The number of nitrogens with two attached hydrogens (primary N) is 1. The van der Waals surface area contributed by atoms with Crippen LogP contribution in [0.2, 0.25) is 0 Å². The first-order valence-electron chi connectivity index (χ1n) is 13.1. The van der Waals surface area contributed by atoms with Gasteiger partial charge in [0.1, 0.15) is 5.75 Å². The lowest BCUT2D eigenvalue weighted by Gasteiger charge is -2.11. The summed E-state index contributed by atoms with van der Waals surface area (Å²) >= 11 is 1.69. The molecule has 5 heteroatoms. The second-order valence-electron chi connectivity index (χ2n) is 8.73. The molecule has 3 N–H and O–H groups in total. The van der Waals surface area contributed by atoms with E-state index in [1.54, 1.807) is 18.9 Å². The van der Waals surface area contributed by atoms with Gasteiger partial charge in [0, 0.05) is 30.2 Å². The van der Waals surface area contributed by atoms with Gasteiger partial charge in [0.15, 0.2) is 0 Å². The molecule has 0 radical (unpaired) electrons. The molecule has 0 unspecified atom stereocenters. The van der Waals surface area contributed by atoms with Crippen LogP contribution < -0.4 is 15.8 Å². The lowest BCUT2D eigenvalue weighted by molar-refractivity contribution is -0.121. The highest BCUT2D eigenvalue weighted by molar-refractivity contribution is 7.99. The largest absolute Gasteiger partial charge is 0.496 e. The fraction of sp³-hybridized carbons (Fsp3) is 0.679. The van der Waals surface area contributed by atoms with E-state index in [0.29, 0.717) is 19.5 Å². The van der Waals surface area contributed by atoms with Gasteiger partial charge in [-0.15, -0.1) is 11.8 Å². The second-order valence-corrected chi connectivity index (χ2v) is 9.87. The molecule has 0 bridgehead atoms. The van der Waals surface area contributed by atoms with Crippen LogP contribution in [0.4, 0.5) is 0 Å². The van der Waals surface area contributed by atoms with E-state index in [9.17, 15) is 4.79 Å². The smallest absolute Gasteiger partial charge is 0.220 e. The molecule has 0 heterocycles. The Balaban J connectivity index is 2.01. The van der Waals surface area contributed by atoms with Gasteiger partial charge in [-0.05, 0) is 49.8 Å². The van der Waals surface area contributed by atoms with Crippen LogP contribution in [-0.2, 0) is 11.3 Å². The van der Waals surface area contributed by atoms with Gasteiger partial charge in [-0.1, -0.05) is 76.5 Å². The van der Waals surface area contributed by atoms with Crippen LogP contribution in [0.5, 0.6) is 5.75 Å². The lowest BCUT2D eigenvalue weighted by Crippen LogP contribution is -2.22. The summed E-state index contributed by atoms with van der Waals surface area (Å²) in [6.45, 7) is 3.45. The number of allylic oxidation sites excluding steroid dienone is 2. The summed E-state index contributed by atoms with van der Waals surface area (Å²) in [7, 11) is 1.68. The Hall–Kier alpha value is -1.46. The third-order valence-corrected chi connectivity index (χ3v) is 6.85. The van der Waals surface area contributed by atoms with E-state index in [2.05, 4.69) is 24.4 Å². The molecule has 0 saturated heterocycles. The van der Waals surface area contributed by atoms with Gasteiger partial charge in [-0.25, -0.2) is 0 Å². The van der Waals surface area contributed by atoms with Crippen LogP contribution >= 0.6 is 11.8 Å². The highest BCUT2D eigenvalue weighted by atomic mass is 32.2. The molecule has 1 aromatic carbocycles. The van der Waals surface area contributed by atoms with Crippen molar-refractivity contribution in [1.29, 1.82) is 0 Å². The summed E-state index contributed by atoms with van der Waals surface area (Å²) in [5.41, 5.74) is 6.64. The summed E-state index contributed by atoms with van der Waals surface area (Å²) in [4.78, 5) is 13.2. The van der Waals surface area contributed by atoms with Crippen LogP contribution in [0.15, 0.2) is 35.2 Å². The van der Waals surface area contributed by atoms with Crippen LogP contribution in [0, 0.1) is 0 Å². The zero-order valence-electron chi connectivity index (χ0n) is 21.2. The van der Waals surface area contributed by atoms with Gasteiger partial charge in [0.05, 0.1) is 7.11 Å². The molecule has 33 heavy (non-hydrogen) atoms. The number of benzene rings is 1. The van der Waals surface area contributed by atoms with Crippen molar-refractivity contribution in [3.63, 3.8) is 0 Å². The van der Waals surface area contributed by atoms with Gasteiger partial charge in [0.25, 0.3) is 0 Å². The molecule has 1 rings (SSSR count). The Kier molecular flexibility index (Phi) is 18.9. The van der Waals surface area contributed by atoms with Crippen molar-refractivity contribution in [3.8, 4) is 5.75 Å². The Morgan fingerprint density at radius 1 is 0.970 bits per heavy atom. The number of methoxy groups -OCH3 is 1. The summed E-state index contributed by atoms with van der Waals surface area (Å²) in [5, 5.41) is 3.03. The molecule has 0 aliphatic heterocycles. The van der Waals surface area contributed by atoms with Gasteiger partial charge in [-0.2, -0.15) is 0 Å². The average molecular weight is 477 g/mol. The molecular formula is C28H48N2O2S. The maximum atomic E-state index is 12.1. The van der Waals surface area contributed by atoms with E-state index in [1.165, 1.54) is 70.6 Å². The minimum absolute atomic E-state index is 0.133. The summed E-state index contributed by atoms with van der Waals surface area (Å²) < 4.78 is 5.47. The quantitative estimate of drug-likeness (QED) is 0.110. The van der Waals surface area contributed by atoms with Crippen molar-refractivity contribution < 1.29 is 9.53 Å². The lowest BCUT2D eigenvalue weighted by atomic mass is 10.1. The molecule has 0 atom stereocenters. The zero-order valence-corrected chi connectivity index (χ0v) is 22.0. The van der Waals surface area contributed by atoms with Crippen molar-refractivity contribution in [2.75, 3.05) is 19.4 Å².